The predicted molar refractivity (Wildman–Crippen MR) is 63.5 cm³/mol. The molecule has 1 aromatic rings. The van der Waals surface area contributed by atoms with Crippen LogP contribution in [-0.2, 0) is 6.54 Å². The summed E-state index contributed by atoms with van der Waals surface area (Å²) in [5, 5.41) is 13.9. The largest absolute Gasteiger partial charge is 0.487 e. The van der Waals surface area contributed by atoms with Crippen LogP contribution in [-0.4, -0.2) is 24.4 Å². The van der Waals surface area contributed by atoms with E-state index in [1.165, 1.54) is 4.88 Å². The molecule has 1 unspecified atom stereocenters. The van der Waals surface area contributed by atoms with Crippen molar-refractivity contribution in [2.24, 2.45) is 0 Å². The zero-order valence-electron chi connectivity index (χ0n) is 9.54. The molecule has 0 amide bonds. The zero-order chi connectivity index (χ0) is 11.3. The molecule has 0 bridgehead atoms. The van der Waals surface area contributed by atoms with Crippen LogP contribution in [0.5, 0.6) is 5.06 Å². The molecular weight excluding hydrogens is 210 g/mol. The van der Waals surface area contributed by atoms with Gasteiger partial charge in [-0.1, -0.05) is 6.92 Å². The topological polar surface area (TPSA) is 41.5 Å². The van der Waals surface area contributed by atoms with Gasteiger partial charge in [-0.05, 0) is 25.5 Å². The highest BCUT2D eigenvalue weighted by Gasteiger charge is 2.16. The number of aliphatic hydroxyl groups is 1. The molecule has 0 aliphatic carbocycles. The number of thiophene rings is 1. The lowest BCUT2D eigenvalue weighted by Crippen LogP contribution is -2.36. The summed E-state index contributed by atoms with van der Waals surface area (Å²) in [7, 11) is 1.67. The Labute approximate surface area is 95.1 Å². The van der Waals surface area contributed by atoms with Gasteiger partial charge in [0.15, 0.2) is 5.06 Å². The van der Waals surface area contributed by atoms with Crippen molar-refractivity contribution in [1.82, 2.24) is 5.32 Å². The Balaban J connectivity index is 2.31. The molecule has 1 atom stereocenters. The van der Waals surface area contributed by atoms with Gasteiger partial charge in [0.25, 0.3) is 0 Å². The highest BCUT2D eigenvalue weighted by Crippen LogP contribution is 2.23. The first-order valence-electron chi connectivity index (χ1n) is 5.13. The van der Waals surface area contributed by atoms with Crippen LogP contribution in [0.25, 0.3) is 0 Å². The highest BCUT2D eigenvalue weighted by atomic mass is 32.1. The molecule has 86 valence electrons. The Morgan fingerprint density at radius 2 is 2.27 bits per heavy atom. The first kappa shape index (κ1) is 12.5. The number of hydrogen-bond donors (Lipinski definition) is 2. The maximum Gasteiger partial charge on any atom is 0.173 e. The molecule has 3 nitrogen and oxygen atoms in total. The van der Waals surface area contributed by atoms with Gasteiger partial charge in [0.2, 0.25) is 0 Å². The molecule has 15 heavy (non-hydrogen) atoms. The van der Waals surface area contributed by atoms with Gasteiger partial charge in [0.05, 0.1) is 12.7 Å². The van der Waals surface area contributed by atoms with Gasteiger partial charge in [-0.15, -0.1) is 11.3 Å². The Kier molecular flexibility index (Phi) is 4.57. The normalized spacial score (nSPS) is 14.9. The van der Waals surface area contributed by atoms with Crippen molar-refractivity contribution in [3.63, 3.8) is 0 Å². The quantitative estimate of drug-likeness (QED) is 0.784. The summed E-state index contributed by atoms with van der Waals surface area (Å²) >= 11 is 1.62. The van der Waals surface area contributed by atoms with E-state index in [0.29, 0.717) is 6.54 Å². The van der Waals surface area contributed by atoms with Gasteiger partial charge >= 0.3 is 0 Å². The molecule has 0 saturated heterocycles. The van der Waals surface area contributed by atoms with E-state index in [1.807, 2.05) is 26.0 Å². The van der Waals surface area contributed by atoms with Crippen molar-refractivity contribution in [2.45, 2.75) is 32.4 Å². The molecular formula is C11H19NO2S. The summed E-state index contributed by atoms with van der Waals surface area (Å²) in [4.78, 5) is 1.22. The first-order valence-corrected chi connectivity index (χ1v) is 5.95. The predicted octanol–water partition coefficient (Wildman–Crippen LogP) is 2.01. The van der Waals surface area contributed by atoms with Gasteiger partial charge < -0.3 is 15.2 Å². The van der Waals surface area contributed by atoms with Crippen LogP contribution in [0.3, 0.4) is 0 Å². The number of nitrogens with one attached hydrogen (secondary N) is 1. The van der Waals surface area contributed by atoms with Gasteiger partial charge in [-0.2, -0.15) is 0 Å². The fraction of sp³-hybridized carbons (Fsp3) is 0.636. The van der Waals surface area contributed by atoms with E-state index in [-0.39, 0.29) is 0 Å². The Hall–Kier alpha value is -0.580. The van der Waals surface area contributed by atoms with Gasteiger partial charge in [-0.25, -0.2) is 0 Å². The molecule has 0 fully saturated rings. The number of methoxy groups -OCH3 is 1. The van der Waals surface area contributed by atoms with Crippen molar-refractivity contribution in [3.05, 3.63) is 17.0 Å². The lowest BCUT2D eigenvalue weighted by molar-refractivity contribution is 0.0556. The van der Waals surface area contributed by atoms with E-state index in [1.54, 1.807) is 18.4 Å². The lowest BCUT2D eigenvalue weighted by Gasteiger charge is -2.21. The molecule has 1 rings (SSSR count). The molecule has 2 N–H and O–H groups in total. The van der Waals surface area contributed by atoms with Gasteiger partial charge in [0.1, 0.15) is 0 Å². The fourth-order valence-electron chi connectivity index (χ4n) is 1.14. The van der Waals surface area contributed by atoms with E-state index in [4.69, 9.17) is 4.74 Å². The molecule has 0 aromatic carbocycles. The van der Waals surface area contributed by atoms with Crippen molar-refractivity contribution in [3.8, 4) is 5.06 Å². The summed E-state index contributed by atoms with van der Waals surface area (Å²) in [6.45, 7) is 5.22. The second kappa shape index (κ2) is 5.49. The number of rotatable bonds is 6. The van der Waals surface area contributed by atoms with Crippen LogP contribution < -0.4 is 10.1 Å². The highest BCUT2D eigenvalue weighted by molar-refractivity contribution is 7.13. The van der Waals surface area contributed by atoms with E-state index >= 15 is 0 Å². The van der Waals surface area contributed by atoms with Gasteiger partial charge in [0, 0.05) is 18.0 Å². The second-order valence-electron chi connectivity index (χ2n) is 3.88. The van der Waals surface area contributed by atoms with Crippen LogP contribution >= 0.6 is 11.3 Å². The van der Waals surface area contributed by atoms with Crippen LogP contribution in [0, 0.1) is 0 Å². The average molecular weight is 229 g/mol. The summed E-state index contributed by atoms with van der Waals surface area (Å²) in [5.74, 6) is 0. The zero-order valence-corrected chi connectivity index (χ0v) is 10.4. The van der Waals surface area contributed by atoms with Crippen LogP contribution in [0.4, 0.5) is 0 Å². The van der Waals surface area contributed by atoms with E-state index in [9.17, 15) is 5.11 Å². The first-order chi connectivity index (χ1) is 7.07. The SMILES string of the molecule is CCC(C)(O)CNCc1ccc(OC)s1. The molecule has 0 spiro atoms. The third-order valence-corrected chi connectivity index (χ3v) is 3.45. The lowest BCUT2D eigenvalue weighted by atomic mass is 10.0. The van der Waals surface area contributed by atoms with E-state index in [0.717, 1.165) is 18.0 Å². The minimum absolute atomic E-state index is 0.610. The molecule has 4 heteroatoms. The molecule has 1 aromatic heterocycles. The maximum absolute atomic E-state index is 9.77. The molecule has 0 saturated carbocycles. The van der Waals surface area contributed by atoms with Gasteiger partial charge in [-0.3, -0.25) is 0 Å². The third kappa shape index (κ3) is 4.20. The molecule has 0 aliphatic heterocycles. The molecule has 0 aliphatic rings. The summed E-state index contributed by atoms with van der Waals surface area (Å²) in [6.07, 6.45) is 0.758. The summed E-state index contributed by atoms with van der Waals surface area (Å²) in [6, 6.07) is 4.00. The van der Waals surface area contributed by atoms with Crippen molar-refractivity contribution in [2.75, 3.05) is 13.7 Å². The van der Waals surface area contributed by atoms with E-state index in [2.05, 4.69) is 5.32 Å². The Morgan fingerprint density at radius 1 is 1.53 bits per heavy atom. The van der Waals surface area contributed by atoms with Crippen molar-refractivity contribution < 1.29 is 9.84 Å². The van der Waals surface area contributed by atoms with Crippen molar-refractivity contribution >= 4 is 11.3 Å². The third-order valence-electron chi connectivity index (χ3n) is 2.40. The van der Waals surface area contributed by atoms with Crippen LogP contribution in [0.15, 0.2) is 12.1 Å². The van der Waals surface area contributed by atoms with Crippen molar-refractivity contribution in [1.29, 1.82) is 0 Å². The Morgan fingerprint density at radius 3 is 2.80 bits per heavy atom. The van der Waals surface area contributed by atoms with Crippen LogP contribution in [0.1, 0.15) is 25.1 Å². The molecule has 0 radical (unpaired) electrons. The minimum Gasteiger partial charge on any atom is -0.487 e. The Bertz CT molecular complexity index is 297. The monoisotopic (exact) mass is 229 g/mol. The van der Waals surface area contributed by atoms with E-state index < -0.39 is 5.60 Å². The molecule has 1 heterocycles. The smallest absolute Gasteiger partial charge is 0.173 e. The standard InChI is InChI=1S/C11H19NO2S/c1-4-11(2,13)8-12-7-9-5-6-10(14-3)15-9/h5-6,12-13H,4,7-8H2,1-3H3. The number of hydrogen-bond acceptors (Lipinski definition) is 4. The fourth-order valence-corrected chi connectivity index (χ4v) is 1.93. The minimum atomic E-state index is -0.610. The van der Waals surface area contributed by atoms with Crippen LogP contribution in [0.2, 0.25) is 0 Å². The average Bonchev–Trinajstić information content (AvgIpc) is 2.66. The summed E-state index contributed by atoms with van der Waals surface area (Å²) in [5.41, 5.74) is -0.610. The summed E-state index contributed by atoms with van der Waals surface area (Å²) < 4.78 is 5.10. The number of ether oxygens (including phenoxy) is 1. The maximum atomic E-state index is 9.77. The second-order valence-corrected chi connectivity index (χ2v) is 5.01.